The van der Waals surface area contributed by atoms with Gasteiger partial charge in [0.2, 0.25) is 0 Å². The van der Waals surface area contributed by atoms with E-state index in [2.05, 4.69) is 30.4 Å². The van der Waals surface area contributed by atoms with Crippen LogP contribution in [0.4, 0.5) is 32.2 Å². The van der Waals surface area contributed by atoms with E-state index in [1.807, 2.05) is 12.0 Å². The number of fused-ring (bicyclic) bond motifs is 1. The van der Waals surface area contributed by atoms with Crippen molar-refractivity contribution >= 4 is 11.5 Å². The molecule has 4 aromatic heterocycles. The molecule has 184 valence electrons. The predicted octanol–water partition coefficient (Wildman–Crippen LogP) is 3.49. The van der Waals surface area contributed by atoms with Crippen LogP contribution in [0.5, 0.6) is 0 Å². The SMILES string of the molecule is CC1CN(c2ccnc(-c3cnc4cnc(C(F)(F)F)cn34)n2)CC(c2cn[nH]c2C(F)(F)F)N1. The van der Waals surface area contributed by atoms with E-state index in [4.69, 9.17) is 0 Å². The van der Waals surface area contributed by atoms with Crippen molar-refractivity contribution < 1.29 is 26.3 Å². The molecule has 15 heteroatoms. The maximum atomic E-state index is 13.4. The Bertz CT molecular complexity index is 1360. The van der Waals surface area contributed by atoms with E-state index in [1.165, 1.54) is 16.8 Å². The van der Waals surface area contributed by atoms with Gasteiger partial charge < -0.3 is 10.2 Å². The molecule has 1 fully saturated rings. The van der Waals surface area contributed by atoms with Crippen LogP contribution in [-0.2, 0) is 12.4 Å². The number of H-pyrrole nitrogens is 1. The van der Waals surface area contributed by atoms with Crippen molar-refractivity contribution in [1.29, 1.82) is 0 Å². The van der Waals surface area contributed by atoms with Crippen molar-refractivity contribution in [3.63, 3.8) is 0 Å². The second-order valence-electron chi connectivity index (χ2n) is 8.10. The number of rotatable bonds is 3. The van der Waals surface area contributed by atoms with E-state index in [-0.39, 0.29) is 35.3 Å². The molecule has 2 N–H and O–H groups in total. The summed E-state index contributed by atoms with van der Waals surface area (Å²) in [6, 6.07) is 0.702. The topological polar surface area (TPSA) is 99.9 Å². The van der Waals surface area contributed by atoms with Gasteiger partial charge in [-0.25, -0.2) is 19.9 Å². The molecule has 0 amide bonds. The average Bonchev–Trinajstić information content (AvgIpc) is 3.45. The molecule has 35 heavy (non-hydrogen) atoms. The monoisotopic (exact) mass is 497 g/mol. The lowest BCUT2D eigenvalue weighted by molar-refractivity contribution is -0.142. The lowest BCUT2D eigenvalue weighted by Gasteiger charge is -2.38. The van der Waals surface area contributed by atoms with E-state index in [1.54, 1.807) is 11.0 Å². The van der Waals surface area contributed by atoms with Gasteiger partial charge in [0.1, 0.15) is 17.2 Å². The number of hydrogen-bond donors (Lipinski definition) is 2. The smallest absolute Gasteiger partial charge is 0.353 e. The minimum Gasteiger partial charge on any atom is -0.353 e. The van der Waals surface area contributed by atoms with Crippen LogP contribution in [0.15, 0.2) is 37.1 Å². The number of alkyl halides is 6. The number of anilines is 1. The quantitative estimate of drug-likeness (QED) is 0.418. The third-order valence-electron chi connectivity index (χ3n) is 5.59. The molecule has 2 unspecified atom stereocenters. The highest BCUT2D eigenvalue weighted by Gasteiger charge is 2.39. The standard InChI is InChI=1S/C20H17F6N9/c1-10-7-34(8-12(31-10)11-4-30-33-17(11)20(24,25)26)15-2-3-27-18(32-15)13-5-29-16-6-28-14(9-35(13)16)19(21,22)23/h2-6,9-10,12,31H,7-8H2,1H3,(H,30,33). The molecular weight excluding hydrogens is 480 g/mol. The third kappa shape index (κ3) is 4.38. The fraction of sp³-hybridized carbons (Fsp3) is 0.350. The van der Waals surface area contributed by atoms with Gasteiger partial charge in [0, 0.05) is 37.1 Å². The van der Waals surface area contributed by atoms with Gasteiger partial charge in [-0.1, -0.05) is 0 Å². The van der Waals surface area contributed by atoms with Crippen molar-refractivity contribution in [3.05, 3.63) is 54.0 Å². The maximum Gasteiger partial charge on any atom is 0.434 e. The number of aromatic nitrogens is 7. The molecule has 0 saturated carbocycles. The molecule has 1 saturated heterocycles. The Morgan fingerprint density at radius 1 is 0.971 bits per heavy atom. The number of piperazine rings is 1. The normalized spacial score (nSPS) is 19.5. The summed E-state index contributed by atoms with van der Waals surface area (Å²) in [6.45, 7) is 2.41. The number of imidazole rings is 1. The zero-order valence-electron chi connectivity index (χ0n) is 17.9. The molecule has 0 bridgehead atoms. The van der Waals surface area contributed by atoms with Crippen molar-refractivity contribution in [2.24, 2.45) is 0 Å². The van der Waals surface area contributed by atoms with Crippen LogP contribution in [0.1, 0.15) is 29.9 Å². The van der Waals surface area contributed by atoms with Crippen LogP contribution in [0.2, 0.25) is 0 Å². The van der Waals surface area contributed by atoms with Crippen LogP contribution < -0.4 is 10.2 Å². The maximum absolute atomic E-state index is 13.4. The number of hydrogen-bond acceptors (Lipinski definition) is 7. The number of aromatic amines is 1. The Labute approximate surface area is 193 Å². The van der Waals surface area contributed by atoms with Crippen LogP contribution in [0, 0.1) is 0 Å². The van der Waals surface area contributed by atoms with Crippen molar-refractivity contribution in [2.75, 3.05) is 18.0 Å². The van der Waals surface area contributed by atoms with E-state index in [9.17, 15) is 26.3 Å². The lowest BCUT2D eigenvalue weighted by Crippen LogP contribution is -2.51. The predicted molar refractivity (Wildman–Crippen MR) is 110 cm³/mol. The Hall–Kier alpha value is -3.75. The zero-order chi connectivity index (χ0) is 25.0. The Kier molecular flexibility index (Phi) is 5.38. The van der Waals surface area contributed by atoms with Gasteiger partial charge in [-0.3, -0.25) is 9.50 Å². The first-order valence-electron chi connectivity index (χ1n) is 10.4. The summed E-state index contributed by atoms with van der Waals surface area (Å²) in [4.78, 5) is 17.9. The molecule has 9 nitrogen and oxygen atoms in total. The highest BCUT2D eigenvalue weighted by molar-refractivity contribution is 5.58. The molecule has 0 aromatic carbocycles. The minimum atomic E-state index is -4.65. The van der Waals surface area contributed by atoms with E-state index in [0.717, 1.165) is 18.6 Å². The summed E-state index contributed by atoms with van der Waals surface area (Å²) >= 11 is 0. The van der Waals surface area contributed by atoms with Crippen molar-refractivity contribution in [2.45, 2.75) is 31.4 Å². The van der Waals surface area contributed by atoms with Crippen LogP contribution in [-0.4, -0.2) is 53.7 Å². The van der Waals surface area contributed by atoms with Gasteiger partial charge in [0.05, 0.1) is 24.6 Å². The highest BCUT2D eigenvalue weighted by Crippen LogP contribution is 2.35. The number of halogens is 6. The molecule has 1 aliphatic heterocycles. The van der Waals surface area contributed by atoms with Crippen LogP contribution in [0.25, 0.3) is 17.2 Å². The largest absolute Gasteiger partial charge is 0.434 e. The van der Waals surface area contributed by atoms with Crippen LogP contribution >= 0.6 is 0 Å². The van der Waals surface area contributed by atoms with Gasteiger partial charge in [-0.2, -0.15) is 31.4 Å². The summed E-state index contributed by atoms with van der Waals surface area (Å²) < 4.78 is 80.7. The minimum absolute atomic E-state index is 0.0164. The molecule has 1 aliphatic rings. The number of nitrogens with one attached hydrogen (secondary N) is 2. The fourth-order valence-corrected chi connectivity index (χ4v) is 4.09. The molecule has 0 aliphatic carbocycles. The first-order valence-corrected chi connectivity index (χ1v) is 10.4. The van der Waals surface area contributed by atoms with Gasteiger partial charge in [-0.15, -0.1) is 0 Å². The summed E-state index contributed by atoms with van der Waals surface area (Å²) in [5.74, 6) is 0.516. The molecular formula is C20H17F6N9. The van der Waals surface area contributed by atoms with Gasteiger partial charge in [0.25, 0.3) is 0 Å². The average molecular weight is 497 g/mol. The summed E-state index contributed by atoms with van der Waals surface area (Å²) in [6.07, 6.45) is -3.51. The molecule has 5 heterocycles. The van der Waals surface area contributed by atoms with Crippen molar-refractivity contribution in [3.8, 4) is 11.5 Å². The summed E-state index contributed by atoms with van der Waals surface area (Å²) in [5, 5.41) is 8.73. The molecule has 5 rings (SSSR count). The Morgan fingerprint density at radius 2 is 1.77 bits per heavy atom. The third-order valence-corrected chi connectivity index (χ3v) is 5.59. The van der Waals surface area contributed by atoms with E-state index < -0.39 is 29.8 Å². The molecule has 0 spiro atoms. The summed E-state index contributed by atoms with van der Waals surface area (Å²) in [7, 11) is 0. The Balaban J connectivity index is 1.48. The number of nitrogens with zero attached hydrogens (tertiary/aromatic N) is 7. The summed E-state index contributed by atoms with van der Waals surface area (Å²) in [5.41, 5.74) is -1.65. The van der Waals surface area contributed by atoms with Gasteiger partial charge in [-0.05, 0) is 13.0 Å². The molecule has 2 atom stereocenters. The van der Waals surface area contributed by atoms with Crippen LogP contribution in [0.3, 0.4) is 0 Å². The molecule has 0 radical (unpaired) electrons. The second kappa shape index (κ2) is 8.18. The fourth-order valence-electron chi connectivity index (χ4n) is 4.09. The first-order chi connectivity index (χ1) is 16.5. The highest BCUT2D eigenvalue weighted by atomic mass is 19.4. The van der Waals surface area contributed by atoms with Crippen molar-refractivity contribution in [1.82, 2.24) is 39.9 Å². The second-order valence-corrected chi connectivity index (χ2v) is 8.10. The van der Waals surface area contributed by atoms with Gasteiger partial charge >= 0.3 is 12.4 Å². The van der Waals surface area contributed by atoms with E-state index in [0.29, 0.717) is 12.4 Å². The Morgan fingerprint density at radius 3 is 2.51 bits per heavy atom. The van der Waals surface area contributed by atoms with Gasteiger partial charge in [0.15, 0.2) is 17.2 Å². The van der Waals surface area contributed by atoms with E-state index >= 15 is 0 Å². The molecule has 4 aromatic rings. The zero-order valence-corrected chi connectivity index (χ0v) is 17.9. The lowest BCUT2D eigenvalue weighted by atomic mass is 10.0. The first kappa shape index (κ1) is 23.0.